The molecule has 4 aliphatic rings. The summed E-state index contributed by atoms with van der Waals surface area (Å²) in [6, 6.07) is 0. The van der Waals surface area contributed by atoms with Crippen molar-refractivity contribution in [2.45, 2.75) is 185 Å². The Morgan fingerprint density at radius 2 is 1.63 bits per heavy atom. The fraction of sp³-hybridized carbons (Fsp3) is 0.821. The molecule has 0 radical (unpaired) electrons. The predicted molar refractivity (Wildman–Crippen MR) is 187 cm³/mol. The van der Waals surface area contributed by atoms with E-state index in [9.17, 15) is 29.7 Å². The van der Waals surface area contributed by atoms with Gasteiger partial charge in [-0.05, 0) is 63.4 Å². The molecule has 0 amide bonds. The molecule has 0 aliphatic carbocycles. The highest BCUT2D eigenvalue weighted by molar-refractivity contribution is 5.83. The van der Waals surface area contributed by atoms with Crippen molar-refractivity contribution < 1.29 is 58.1 Å². The van der Waals surface area contributed by atoms with Gasteiger partial charge in [0.05, 0.1) is 56.8 Å². The van der Waals surface area contributed by atoms with Gasteiger partial charge in [-0.2, -0.15) is 0 Å². The molecule has 0 spiro atoms. The maximum Gasteiger partial charge on any atom is 0.330 e. The Balaban J connectivity index is 1.68. The summed E-state index contributed by atoms with van der Waals surface area (Å²) in [6.07, 6.45) is 11.0. The number of rotatable bonds is 9. The van der Waals surface area contributed by atoms with Crippen LogP contribution < -0.4 is 0 Å². The third-order valence-corrected chi connectivity index (χ3v) is 10.7. The molecule has 12 heteroatoms. The largest absolute Gasteiger partial charge is 0.466 e. The van der Waals surface area contributed by atoms with Crippen LogP contribution in [0.4, 0.5) is 0 Å². The zero-order valence-corrected chi connectivity index (χ0v) is 31.1. The second-order valence-electron chi connectivity index (χ2n) is 15.4. The molecule has 3 fully saturated rings. The minimum atomic E-state index is -2.19. The lowest BCUT2D eigenvalue weighted by molar-refractivity contribution is -0.327. The zero-order chi connectivity index (χ0) is 37.0. The van der Waals surface area contributed by atoms with Crippen LogP contribution in [-0.4, -0.2) is 102 Å². The topological polar surface area (TPSA) is 167 Å². The SMILES string of the molecule is CCCCCCCC(=O)O[C@H]1/C(=C/C(=O)OC)C[C@H]2C[C@H](CO)OC(=O)C[C@H](O)C[C@@H]3CCCC(CC4CCC[C@H](/C=C/C(C)(C)[C@]1(O)O2)O4)O3. The Kier molecular flexibility index (Phi) is 16.0. The van der Waals surface area contributed by atoms with Crippen LogP contribution in [0.3, 0.4) is 0 Å². The second-order valence-corrected chi connectivity index (χ2v) is 15.4. The van der Waals surface area contributed by atoms with E-state index in [1.54, 1.807) is 13.8 Å². The number of hydrogen-bond acceptors (Lipinski definition) is 12. The Hall–Kier alpha value is -2.35. The molecular formula is C39H62O12. The summed E-state index contributed by atoms with van der Waals surface area (Å²) in [6.45, 7) is 5.11. The fourth-order valence-electron chi connectivity index (χ4n) is 7.76. The summed E-state index contributed by atoms with van der Waals surface area (Å²) in [5, 5.41) is 33.7. The normalized spacial score (nSPS) is 36.4. The van der Waals surface area contributed by atoms with E-state index in [0.717, 1.165) is 64.2 Å². The number of methoxy groups -OCH3 is 1. The van der Waals surface area contributed by atoms with Gasteiger partial charge in [-0.15, -0.1) is 0 Å². The van der Waals surface area contributed by atoms with Crippen LogP contribution in [0.1, 0.15) is 130 Å². The molecule has 9 atom stereocenters. The molecule has 0 aromatic carbocycles. The van der Waals surface area contributed by atoms with Gasteiger partial charge in [0.1, 0.15) is 6.10 Å². The van der Waals surface area contributed by atoms with Crippen molar-refractivity contribution in [2.75, 3.05) is 13.7 Å². The van der Waals surface area contributed by atoms with Crippen molar-refractivity contribution >= 4 is 17.9 Å². The van der Waals surface area contributed by atoms with Crippen molar-refractivity contribution in [3.8, 4) is 0 Å². The molecule has 4 rings (SSSR count). The third kappa shape index (κ3) is 12.1. The smallest absolute Gasteiger partial charge is 0.330 e. The van der Waals surface area contributed by atoms with Crippen molar-refractivity contribution in [3.05, 3.63) is 23.8 Å². The Bertz CT molecular complexity index is 1200. The fourth-order valence-corrected chi connectivity index (χ4v) is 7.76. The average Bonchev–Trinajstić information content (AvgIpc) is 3.08. The number of carbonyl (C=O) groups excluding carboxylic acids is 3. The van der Waals surface area contributed by atoms with E-state index in [-0.39, 0.29) is 55.7 Å². The lowest BCUT2D eigenvalue weighted by Gasteiger charge is -2.51. The molecule has 51 heavy (non-hydrogen) atoms. The molecule has 0 aromatic rings. The average molecular weight is 723 g/mol. The molecule has 12 nitrogen and oxygen atoms in total. The molecule has 4 heterocycles. The van der Waals surface area contributed by atoms with Gasteiger partial charge in [-0.1, -0.05) is 58.6 Å². The highest BCUT2D eigenvalue weighted by Crippen LogP contribution is 2.47. The van der Waals surface area contributed by atoms with E-state index < -0.39 is 60.1 Å². The number of unbranched alkanes of at least 4 members (excludes halogenated alkanes) is 4. The van der Waals surface area contributed by atoms with Crippen molar-refractivity contribution in [1.82, 2.24) is 0 Å². The minimum Gasteiger partial charge on any atom is -0.466 e. The molecular weight excluding hydrogens is 660 g/mol. The van der Waals surface area contributed by atoms with E-state index in [1.807, 2.05) is 12.2 Å². The summed E-state index contributed by atoms with van der Waals surface area (Å²) >= 11 is 0. The molecule has 2 unspecified atom stereocenters. The summed E-state index contributed by atoms with van der Waals surface area (Å²) in [7, 11) is 1.23. The van der Waals surface area contributed by atoms with Crippen molar-refractivity contribution in [1.29, 1.82) is 0 Å². The molecule has 6 bridgehead atoms. The van der Waals surface area contributed by atoms with Gasteiger partial charge < -0.3 is 43.7 Å². The van der Waals surface area contributed by atoms with E-state index in [1.165, 1.54) is 13.2 Å². The number of carbonyl (C=O) groups is 3. The molecule has 0 aromatic heterocycles. The summed E-state index contributed by atoms with van der Waals surface area (Å²) in [5.41, 5.74) is -0.929. The van der Waals surface area contributed by atoms with Crippen LogP contribution in [0, 0.1) is 5.41 Å². The molecule has 3 saturated heterocycles. The van der Waals surface area contributed by atoms with E-state index in [4.69, 9.17) is 28.4 Å². The number of aliphatic hydroxyl groups is 3. The van der Waals surface area contributed by atoms with Gasteiger partial charge in [0, 0.05) is 30.8 Å². The van der Waals surface area contributed by atoms with Gasteiger partial charge in [0.25, 0.3) is 0 Å². The van der Waals surface area contributed by atoms with Crippen LogP contribution in [-0.2, 0) is 42.8 Å². The van der Waals surface area contributed by atoms with Crippen LogP contribution in [0.5, 0.6) is 0 Å². The first kappa shape index (κ1) is 41.4. The van der Waals surface area contributed by atoms with Gasteiger partial charge >= 0.3 is 17.9 Å². The number of ether oxygens (including phenoxy) is 6. The quantitative estimate of drug-likeness (QED) is 0.0945. The highest BCUT2D eigenvalue weighted by atomic mass is 16.7. The first-order valence-corrected chi connectivity index (χ1v) is 19.2. The van der Waals surface area contributed by atoms with Crippen molar-refractivity contribution in [3.63, 3.8) is 0 Å². The monoisotopic (exact) mass is 722 g/mol. The molecule has 4 aliphatic heterocycles. The summed E-state index contributed by atoms with van der Waals surface area (Å²) in [4.78, 5) is 38.9. The number of aliphatic hydroxyl groups excluding tert-OH is 2. The second kappa shape index (κ2) is 19.6. The highest BCUT2D eigenvalue weighted by Gasteiger charge is 2.57. The van der Waals surface area contributed by atoms with Crippen LogP contribution in [0.2, 0.25) is 0 Å². The molecule has 3 N–H and O–H groups in total. The minimum absolute atomic E-state index is 0.0215. The van der Waals surface area contributed by atoms with Crippen molar-refractivity contribution in [2.24, 2.45) is 5.41 Å². The van der Waals surface area contributed by atoms with E-state index in [2.05, 4.69) is 6.92 Å². The van der Waals surface area contributed by atoms with Gasteiger partial charge in [-0.25, -0.2) is 4.79 Å². The van der Waals surface area contributed by atoms with E-state index in [0.29, 0.717) is 19.3 Å². The Morgan fingerprint density at radius 1 is 0.941 bits per heavy atom. The standard InChI is InChI=1S/C39H62O12/c1-5-6-7-8-9-16-34(42)50-37-26(20-35(43)46-4)19-32-24-33(25-40)49-36(44)22-27(41)21-29-13-11-15-31(48-29)23-30-14-10-12-28(47-30)17-18-38(2,3)39(37,45)51-32/h17-18,20,27-33,37,40-41,45H,5-16,19,21-25H2,1-4H3/b18-17+,26-20+/t27-,28-,29+,30?,31?,32+,33-,37+,39-/m1/s1. The van der Waals surface area contributed by atoms with Crippen LogP contribution >= 0.6 is 0 Å². The Morgan fingerprint density at radius 3 is 2.33 bits per heavy atom. The third-order valence-electron chi connectivity index (χ3n) is 10.7. The van der Waals surface area contributed by atoms with Crippen LogP contribution in [0.25, 0.3) is 0 Å². The zero-order valence-electron chi connectivity index (χ0n) is 31.1. The first-order valence-electron chi connectivity index (χ1n) is 19.2. The summed E-state index contributed by atoms with van der Waals surface area (Å²) in [5.74, 6) is -4.10. The predicted octanol–water partition coefficient (Wildman–Crippen LogP) is 5.13. The first-order chi connectivity index (χ1) is 24.3. The number of esters is 3. The van der Waals surface area contributed by atoms with Gasteiger partial charge in [-0.3, -0.25) is 9.59 Å². The number of fused-ring (bicyclic) bond motifs is 6. The number of hydrogen-bond donors (Lipinski definition) is 3. The lowest BCUT2D eigenvalue weighted by Crippen LogP contribution is -2.62. The molecule has 290 valence electrons. The maximum absolute atomic E-state index is 13.3. The van der Waals surface area contributed by atoms with Crippen LogP contribution in [0.15, 0.2) is 23.8 Å². The Labute approximate surface area is 303 Å². The number of cyclic esters (lactones) is 1. The lowest BCUT2D eigenvalue weighted by atomic mass is 9.74. The van der Waals surface area contributed by atoms with Gasteiger partial charge in [0.2, 0.25) is 5.79 Å². The van der Waals surface area contributed by atoms with E-state index >= 15 is 0 Å². The summed E-state index contributed by atoms with van der Waals surface area (Å²) < 4.78 is 35.9. The molecule has 0 saturated carbocycles. The van der Waals surface area contributed by atoms with Gasteiger partial charge in [0.15, 0.2) is 6.10 Å². The maximum atomic E-state index is 13.3.